The number of hydroxylamine groups is 1. The lowest BCUT2D eigenvalue weighted by atomic mass is 9.48. The summed E-state index contributed by atoms with van der Waals surface area (Å²) in [6, 6.07) is 8.80. The van der Waals surface area contributed by atoms with Gasteiger partial charge in [0.25, 0.3) is 5.91 Å². The maximum Gasteiger partial charge on any atom is 0.267 e. The van der Waals surface area contributed by atoms with Gasteiger partial charge >= 0.3 is 0 Å². The molecular formula is C22H30N2O2. The van der Waals surface area contributed by atoms with Crippen molar-refractivity contribution in [2.75, 3.05) is 0 Å². The van der Waals surface area contributed by atoms with Crippen LogP contribution < -0.4 is 10.8 Å². The van der Waals surface area contributed by atoms with Crippen LogP contribution in [0, 0.1) is 23.2 Å². The Morgan fingerprint density at radius 3 is 2.27 bits per heavy atom. The van der Waals surface area contributed by atoms with Gasteiger partial charge in [0.2, 0.25) is 0 Å². The highest BCUT2D eigenvalue weighted by Gasteiger charge is 2.52. The van der Waals surface area contributed by atoms with Gasteiger partial charge in [-0.2, -0.15) is 0 Å². The number of nitrogens with one attached hydrogen (secondary N) is 2. The van der Waals surface area contributed by atoms with Crippen molar-refractivity contribution in [3.63, 3.8) is 0 Å². The van der Waals surface area contributed by atoms with E-state index in [9.17, 15) is 4.79 Å². The Bertz CT molecular complexity index is 645. The molecule has 4 bridgehead atoms. The fourth-order valence-electron chi connectivity index (χ4n) is 6.15. The van der Waals surface area contributed by atoms with Crippen molar-refractivity contribution in [1.82, 2.24) is 10.8 Å². The molecule has 4 aliphatic rings. The number of carbonyl (C=O) groups excluding carboxylic acids is 1. The number of amides is 1. The van der Waals surface area contributed by atoms with Crippen LogP contribution in [0.2, 0.25) is 0 Å². The normalized spacial score (nSPS) is 33.5. The topological polar surface area (TPSA) is 61.4 Å². The zero-order valence-electron chi connectivity index (χ0n) is 15.6. The molecule has 1 atom stereocenters. The van der Waals surface area contributed by atoms with E-state index in [1.54, 1.807) is 11.6 Å². The van der Waals surface area contributed by atoms with Crippen LogP contribution in [-0.2, 0) is 11.3 Å². The average molecular weight is 354 g/mol. The van der Waals surface area contributed by atoms with Gasteiger partial charge in [0.1, 0.15) is 0 Å². The third-order valence-corrected chi connectivity index (χ3v) is 7.13. The molecule has 4 fully saturated rings. The second-order valence-electron chi connectivity index (χ2n) is 8.93. The standard InChI is InChI=1S/C22H30N2O2/c1-15(22-11-18-8-19(12-22)10-20(9-18)13-22)23-14-17-4-2-16(3-5-17)6-7-21(25)24-26/h2-7,15,18-20,23,26H,8-14H2,1H3,(H,24,25). The number of hydrogen-bond acceptors (Lipinski definition) is 3. The molecule has 0 aromatic heterocycles. The zero-order chi connectivity index (χ0) is 18.1. The monoisotopic (exact) mass is 354 g/mol. The largest absolute Gasteiger partial charge is 0.310 e. The van der Waals surface area contributed by atoms with E-state index in [-0.39, 0.29) is 0 Å². The third-order valence-electron chi connectivity index (χ3n) is 7.13. The highest BCUT2D eigenvalue weighted by atomic mass is 16.5. The molecule has 5 rings (SSSR count). The van der Waals surface area contributed by atoms with E-state index in [0.717, 1.165) is 29.9 Å². The van der Waals surface area contributed by atoms with E-state index >= 15 is 0 Å². The minimum Gasteiger partial charge on any atom is -0.310 e. The molecule has 1 unspecified atom stereocenters. The molecule has 4 heteroatoms. The molecule has 26 heavy (non-hydrogen) atoms. The number of benzene rings is 1. The average Bonchev–Trinajstić information content (AvgIpc) is 2.63. The first-order valence-corrected chi connectivity index (χ1v) is 10.0. The molecule has 4 saturated carbocycles. The third kappa shape index (κ3) is 3.58. The Morgan fingerprint density at radius 1 is 1.15 bits per heavy atom. The van der Waals surface area contributed by atoms with Crippen molar-refractivity contribution in [3.8, 4) is 0 Å². The summed E-state index contributed by atoms with van der Waals surface area (Å²) in [5, 5.41) is 12.3. The Kier molecular flexibility index (Phi) is 4.89. The van der Waals surface area contributed by atoms with Crippen molar-refractivity contribution in [2.45, 2.75) is 58.0 Å². The Balaban J connectivity index is 1.34. The lowest BCUT2D eigenvalue weighted by molar-refractivity contribution is -0.124. The van der Waals surface area contributed by atoms with E-state index in [2.05, 4.69) is 24.4 Å². The van der Waals surface area contributed by atoms with Gasteiger partial charge in [0.15, 0.2) is 0 Å². The lowest BCUT2D eigenvalue weighted by Crippen LogP contribution is -2.54. The zero-order valence-corrected chi connectivity index (χ0v) is 15.6. The predicted octanol–water partition coefficient (Wildman–Crippen LogP) is 3.90. The number of hydrogen-bond donors (Lipinski definition) is 3. The van der Waals surface area contributed by atoms with E-state index in [1.807, 2.05) is 12.1 Å². The molecule has 4 nitrogen and oxygen atoms in total. The highest BCUT2D eigenvalue weighted by molar-refractivity contribution is 5.90. The van der Waals surface area contributed by atoms with Gasteiger partial charge in [-0.15, -0.1) is 0 Å². The summed E-state index contributed by atoms with van der Waals surface area (Å²) in [7, 11) is 0. The van der Waals surface area contributed by atoms with Crippen LogP contribution in [0.3, 0.4) is 0 Å². The molecule has 1 aromatic rings. The summed E-state index contributed by atoms with van der Waals surface area (Å²) in [5.74, 6) is 2.47. The first-order valence-electron chi connectivity index (χ1n) is 10.0. The van der Waals surface area contributed by atoms with Crippen LogP contribution in [0.4, 0.5) is 0 Å². The van der Waals surface area contributed by atoms with Gasteiger partial charge in [-0.1, -0.05) is 24.3 Å². The number of carbonyl (C=O) groups is 1. The van der Waals surface area contributed by atoms with Crippen LogP contribution in [-0.4, -0.2) is 17.2 Å². The quantitative estimate of drug-likeness (QED) is 0.412. The smallest absolute Gasteiger partial charge is 0.267 e. The number of rotatable bonds is 6. The van der Waals surface area contributed by atoms with Gasteiger partial charge in [-0.05, 0) is 85.8 Å². The van der Waals surface area contributed by atoms with Crippen LogP contribution in [0.1, 0.15) is 56.6 Å². The summed E-state index contributed by atoms with van der Waals surface area (Å²) in [4.78, 5) is 11.0. The minimum absolute atomic E-state index is 0.514. The summed E-state index contributed by atoms with van der Waals surface area (Å²) < 4.78 is 0. The summed E-state index contributed by atoms with van der Waals surface area (Å²) >= 11 is 0. The SMILES string of the molecule is CC(NCc1ccc(C=CC(=O)NO)cc1)C12CC3CC(CC(C3)C1)C2. The van der Waals surface area contributed by atoms with Crippen LogP contribution in [0.25, 0.3) is 6.08 Å². The molecule has 3 N–H and O–H groups in total. The van der Waals surface area contributed by atoms with E-state index < -0.39 is 5.91 Å². The van der Waals surface area contributed by atoms with Gasteiger partial charge in [-0.25, -0.2) is 5.48 Å². The van der Waals surface area contributed by atoms with Crippen LogP contribution in [0.5, 0.6) is 0 Å². The highest BCUT2D eigenvalue weighted by Crippen LogP contribution is 2.61. The van der Waals surface area contributed by atoms with Gasteiger partial charge in [0.05, 0.1) is 0 Å². The fourth-order valence-corrected chi connectivity index (χ4v) is 6.15. The molecule has 0 saturated heterocycles. The first kappa shape index (κ1) is 17.7. The molecular weight excluding hydrogens is 324 g/mol. The van der Waals surface area contributed by atoms with Crippen molar-refractivity contribution in [2.24, 2.45) is 23.2 Å². The Hall–Kier alpha value is -1.65. The van der Waals surface area contributed by atoms with Crippen molar-refractivity contribution >= 4 is 12.0 Å². The molecule has 0 heterocycles. The minimum atomic E-state index is -0.514. The van der Waals surface area contributed by atoms with Gasteiger partial charge < -0.3 is 5.32 Å². The maximum absolute atomic E-state index is 11.0. The summed E-state index contributed by atoms with van der Waals surface area (Å²) in [5.41, 5.74) is 4.35. The Morgan fingerprint density at radius 2 is 1.73 bits per heavy atom. The van der Waals surface area contributed by atoms with Gasteiger partial charge in [-0.3, -0.25) is 10.0 Å². The van der Waals surface area contributed by atoms with Crippen LogP contribution in [0.15, 0.2) is 30.3 Å². The molecule has 1 amide bonds. The second-order valence-corrected chi connectivity index (χ2v) is 8.93. The summed E-state index contributed by atoms with van der Waals surface area (Å²) in [6.45, 7) is 3.29. The first-order chi connectivity index (χ1) is 12.6. The summed E-state index contributed by atoms with van der Waals surface area (Å²) in [6.07, 6.45) is 11.8. The molecule has 1 aromatic carbocycles. The van der Waals surface area contributed by atoms with E-state index in [1.165, 1.54) is 50.2 Å². The maximum atomic E-state index is 11.0. The van der Waals surface area contributed by atoms with E-state index in [0.29, 0.717) is 11.5 Å². The molecule has 140 valence electrons. The molecule has 0 aliphatic heterocycles. The van der Waals surface area contributed by atoms with Crippen LogP contribution >= 0.6 is 0 Å². The van der Waals surface area contributed by atoms with E-state index in [4.69, 9.17) is 5.21 Å². The van der Waals surface area contributed by atoms with Crippen molar-refractivity contribution in [1.29, 1.82) is 0 Å². The van der Waals surface area contributed by atoms with Crippen molar-refractivity contribution < 1.29 is 10.0 Å². The fraction of sp³-hybridized carbons (Fsp3) is 0.591. The molecule has 4 aliphatic carbocycles. The van der Waals surface area contributed by atoms with Gasteiger partial charge in [0, 0.05) is 18.7 Å². The second kappa shape index (κ2) is 7.16. The van der Waals surface area contributed by atoms with Crippen molar-refractivity contribution in [3.05, 3.63) is 41.5 Å². The lowest BCUT2D eigenvalue weighted by Gasteiger charge is -2.59. The molecule has 0 radical (unpaired) electrons. The Labute approximate surface area is 156 Å². The predicted molar refractivity (Wildman–Crippen MR) is 102 cm³/mol. The molecule has 0 spiro atoms.